The van der Waals surface area contributed by atoms with Crippen LogP contribution in [-0.2, 0) is 4.79 Å². The molecule has 1 aliphatic heterocycles. The van der Waals surface area contributed by atoms with E-state index in [0.717, 1.165) is 24.8 Å². The fraction of sp³-hybridized carbons (Fsp3) is 0.435. The predicted molar refractivity (Wildman–Crippen MR) is 119 cm³/mol. The third kappa shape index (κ3) is 3.82. The molecule has 3 fully saturated rings. The molecule has 2 heterocycles. The maximum absolute atomic E-state index is 13.5. The number of hydrogen-bond donors (Lipinski definition) is 0. The van der Waals surface area contributed by atoms with Gasteiger partial charge < -0.3 is 4.74 Å². The number of ether oxygens (including phenoxy) is 1. The van der Waals surface area contributed by atoms with Gasteiger partial charge in [0.25, 0.3) is 0 Å². The van der Waals surface area contributed by atoms with Crippen LogP contribution in [0.1, 0.15) is 43.0 Å². The van der Waals surface area contributed by atoms with Crippen LogP contribution in [0.3, 0.4) is 0 Å². The van der Waals surface area contributed by atoms with E-state index >= 15 is 0 Å². The van der Waals surface area contributed by atoms with Gasteiger partial charge in [0.1, 0.15) is 6.07 Å². The van der Waals surface area contributed by atoms with Crippen LogP contribution in [0.5, 0.6) is 5.88 Å². The molecule has 6 rings (SSSR count). The van der Waals surface area contributed by atoms with Gasteiger partial charge in [-0.2, -0.15) is 10.4 Å². The predicted octanol–water partition coefficient (Wildman–Crippen LogP) is 4.66. The largest absolute Gasteiger partial charge is 0.476 e. The normalized spacial score (nSPS) is 28.2. The first-order valence-electron chi connectivity index (χ1n) is 10.7. The van der Waals surface area contributed by atoms with Crippen LogP contribution in [0.25, 0.3) is 0 Å². The van der Waals surface area contributed by atoms with Crippen molar-refractivity contribution in [2.24, 2.45) is 28.8 Å². The second-order valence-electron chi connectivity index (χ2n) is 8.63. The number of hydrogen-bond acceptors (Lipinski definition) is 6. The van der Waals surface area contributed by atoms with Crippen molar-refractivity contribution in [1.29, 1.82) is 5.26 Å². The monoisotopic (exact) mass is 469 g/mol. The van der Waals surface area contributed by atoms with Crippen molar-refractivity contribution in [3.63, 3.8) is 0 Å². The van der Waals surface area contributed by atoms with E-state index in [2.05, 4.69) is 15.1 Å². The van der Waals surface area contributed by atoms with Gasteiger partial charge in [0.15, 0.2) is 5.69 Å². The van der Waals surface area contributed by atoms with Crippen molar-refractivity contribution >= 4 is 35.3 Å². The van der Waals surface area contributed by atoms with Crippen molar-refractivity contribution in [3.05, 3.63) is 51.9 Å². The Balaban J connectivity index is 1.27. The van der Waals surface area contributed by atoms with E-state index in [9.17, 15) is 4.79 Å². The first-order chi connectivity index (χ1) is 15.5. The molecule has 2 bridgehead atoms. The summed E-state index contributed by atoms with van der Waals surface area (Å²) >= 11 is 12.6. The SMILES string of the molecule is N#Cc1cnc(OCC2CC(C(=O)N3N=CCC3c3cccc(Cl)c3Cl)C3CC2C3)cn1. The number of carbonyl (C=O) groups excluding carboxylic acids is 1. The molecule has 1 aromatic carbocycles. The molecule has 3 atom stereocenters. The summed E-state index contributed by atoms with van der Waals surface area (Å²) in [7, 11) is 0. The minimum absolute atomic E-state index is 0.0473. The zero-order chi connectivity index (χ0) is 22.2. The maximum Gasteiger partial charge on any atom is 0.246 e. The number of halogens is 2. The number of amides is 1. The standard InChI is InChI=1S/C23H21Cl2N5O2/c24-19-3-1-2-17(22(19)25)20-4-5-29-30(20)23(31)18-8-15(13-6-14(18)7-13)12-32-21-11-27-16(9-26)10-28-21/h1-3,5,10-11,13-15,18,20H,4,6-8,12H2. The summed E-state index contributed by atoms with van der Waals surface area (Å²) in [6.45, 7) is 0.481. The number of carbonyl (C=O) groups is 1. The van der Waals surface area contributed by atoms with Gasteiger partial charge >= 0.3 is 0 Å². The van der Waals surface area contributed by atoms with Crippen LogP contribution in [-0.4, -0.2) is 33.7 Å². The maximum atomic E-state index is 13.5. The Morgan fingerprint density at radius 2 is 2.03 bits per heavy atom. The van der Waals surface area contributed by atoms with Gasteiger partial charge in [0.05, 0.1) is 35.1 Å². The Kier molecular flexibility index (Phi) is 5.75. The summed E-state index contributed by atoms with van der Waals surface area (Å²) in [5.74, 6) is 1.59. The molecule has 3 unspecified atom stereocenters. The average Bonchev–Trinajstić information content (AvgIpc) is 3.28. The minimum atomic E-state index is -0.227. The Morgan fingerprint density at radius 3 is 2.78 bits per heavy atom. The molecule has 0 saturated heterocycles. The second kappa shape index (κ2) is 8.68. The highest BCUT2D eigenvalue weighted by Crippen LogP contribution is 2.53. The van der Waals surface area contributed by atoms with Gasteiger partial charge in [-0.25, -0.2) is 15.0 Å². The molecule has 0 spiro atoms. The van der Waals surface area contributed by atoms with Gasteiger partial charge in [-0.15, -0.1) is 0 Å². The highest BCUT2D eigenvalue weighted by molar-refractivity contribution is 6.42. The summed E-state index contributed by atoms with van der Waals surface area (Å²) in [4.78, 5) is 21.7. The number of hydrazone groups is 1. The number of nitriles is 1. The van der Waals surface area contributed by atoms with Crippen molar-refractivity contribution in [1.82, 2.24) is 15.0 Å². The summed E-state index contributed by atoms with van der Waals surface area (Å²) < 4.78 is 5.84. The molecule has 3 aliphatic carbocycles. The van der Waals surface area contributed by atoms with Crippen LogP contribution >= 0.6 is 23.2 Å². The lowest BCUT2D eigenvalue weighted by molar-refractivity contribution is -0.148. The quantitative estimate of drug-likeness (QED) is 0.634. The molecule has 2 aromatic rings. The topological polar surface area (TPSA) is 91.5 Å². The number of aromatic nitrogens is 2. The highest BCUT2D eigenvalue weighted by Gasteiger charge is 2.50. The lowest BCUT2D eigenvalue weighted by Crippen LogP contribution is -2.50. The van der Waals surface area contributed by atoms with E-state index in [1.165, 1.54) is 12.4 Å². The first kappa shape index (κ1) is 21.2. The summed E-state index contributed by atoms with van der Waals surface area (Å²) in [6.07, 6.45) is 8.08. The lowest BCUT2D eigenvalue weighted by atomic mass is 9.55. The highest BCUT2D eigenvalue weighted by atomic mass is 35.5. The number of rotatable bonds is 5. The smallest absolute Gasteiger partial charge is 0.246 e. The van der Waals surface area contributed by atoms with E-state index in [0.29, 0.717) is 40.8 Å². The summed E-state index contributed by atoms with van der Waals surface area (Å²) in [5, 5.41) is 15.8. The molecule has 4 aliphatic rings. The Hall–Kier alpha value is -2.69. The fourth-order valence-electron chi connectivity index (χ4n) is 5.11. The zero-order valence-corrected chi connectivity index (χ0v) is 18.7. The van der Waals surface area contributed by atoms with Crippen molar-refractivity contribution in [2.75, 3.05) is 6.61 Å². The van der Waals surface area contributed by atoms with E-state index in [4.69, 9.17) is 33.2 Å². The molecule has 164 valence electrons. The number of nitrogens with zero attached hydrogens (tertiary/aromatic N) is 5. The molecule has 1 amide bonds. The van der Waals surface area contributed by atoms with Crippen LogP contribution in [0.15, 0.2) is 35.7 Å². The molecular weight excluding hydrogens is 449 g/mol. The van der Waals surface area contributed by atoms with Crippen LogP contribution in [0, 0.1) is 35.0 Å². The van der Waals surface area contributed by atoms with Gasteiger partial charge in [-0.05, 0) is 48.6 Å². The van der Waals surface area contributed by atoms with Crippen molar-refractivity contribution in [3.8, 4) is 11.9 Å². The van der Waals surface area contributed by atoms with Gasteiger partial charge in [0, 0.05) is 18.6 Å². The molecule has 0 radical (unpaired) electrons. The first-order valence-corrected chi connectivity index (χ1v) is 11.4. The average molecular weight is 470 g/mol. The van der Waals surface area contributed by atoms with Crippen molar-refractivity contribution in [2.45, 2.75) is 31.7 Å². The van der Waals surface area contributed by atoms with E-state index in [1.54, 1.807) is 17.3 Å². The van der Waals surface area contributed by atoms with E-state index < -0.39 is 0 Å². The van der Waals surface area contributed by atoms with Crippen LogP contribution < -0.4 is 4.74 Å². The lowest BCUT2D eigenvalue weighted by Gasteiger charge is -2.51. The molecule has 9 heteroatoms. The molecule has 1 aromatic heterocycles. The summed E-state index contributed by atoms with van der Waals surface area (Å²) in [6, 6.07) is 7.21. The van der Waals surface area contributed by atoms with Gasteiger partial charge in [0.2, 0.25) is 11.8 Å². The molecular formula is C23H21Cl2N5O2. The Bertz CT molecular complexity index is 1090. The van der Waals surface area contributed by atoms with Gasteiger partial charge in [-0.1, -0.05) is 35.3 Å². The fourth-order valence-corrected chi connectivity index (χ4v) is 5.55. The van der Waals surface area contributed by atoms with Gasteiger partial charge in [-0.3, -0.25) is 4.79 Å². The van der Waals surface area contributed by atoms with E-state index in [1.807, 2.05) is 18.2 Å². The molecule has 32 heavy (non-hydrogen) atoms. The molecule has 7 nitrogen and oxygen atoms in total. The third-order valence-corrected chi connectivity index (χ3v) is 7.74. The molecule has 3 saturated carbocycles. The third-order valence-electron chi connectivity index (χ3n) is 6.90. The van der Waals surface area contributed by atoms with Crippen LogP contribution in [0.2, 0.25) is 10.0 Å². The second-order valence-corrected chi connectivity index (χ2v) is 9.42. The Labute approximate surface area is 196 Å². The molecule has 0 N–H and O–H groups in total. The number of fused-ring (bicyclic) bond motifs is 2. The van der Waals surface area contributed by atoms with E-state index in [-0.39, 0.29) is 29.5 Å². The Morgan fingerprint density at radius 1 is 1.19 bits per heavy atom. The summed E-state index contributed by atoms with van der Waals surface area (Å²) in [5.41, 5.74) is 1.08. The van der Waals surface area contributed by atoms with Crippen LogP contribution in [0.4, 0.5) is 0 Å². The van der Waals surface area contributed by atoms with Crippen molar-refractivity contribution < 1.29 is 9.53 Å². The number of benzene rings is 1. The zero-order valence-electron chi connectivity index (χ0n) is 17.2. The minimum Gasteiger partial charge on any atom is -0.476 e.